The molecule has 1 aliphatic heterocycles. The summed E-state index contributed by atoms with van der Waals surface area (Å²) in [7, 11) is 0. The molecule has 0 aromatic heterocycles. The lowest BCUT2D eigenvalue weighted by Gasteiger charge is -2.28. The van der Waals surface area contributed by atoms with Gasteiger partial charge < -0.3 is 16.0 Å². The van der Waals surface area contributed by atoms with Gasteiger partial charge in [-0.25, -0.2) is 0 Å². The second kappa shape index (κ2) is 5.80. The summed E-state index contributed by atoms with van der Waals surface area (Å²) in [6.07, 6.45) is 0. The Morgan fingerprint density at radius 2 is 2.06 bits per heavy atom. The first-order valence-corrected chi connectivity index (χ1v) is 6.04. The molecule has 3 N–H and O–H groups in total. The van der Waals surface area contributed by atoms with Crippen LogP contribution in [0.3, 0.4) is 0 Å². The number of piperazine rings is 1. The molecule has 1 aromatic carbocycles. The molecule has 1 heterocycles. The monoisotopic (exact) mass is 233 g/mol. The van der Waals surface area contributed by atoms with Crippen molar-refractivity contribution in [1.82, 2.24) is 16.0 Å². The summed E-state index contributed by atoms with van der Waals surface area (Å²) < 4.78 is 0. The second-order valence-corrected chi connectivity index (χ2v) is 4.47. The van der Waals surface area contributed by atoms with Crippen LogP contribution in [0.2, 0.25) is 0 Å². The zero-order chi connectivity index (χ0) is 12.1. The highest BCUT2D eigenvalue weighted by Crippen LogP contribution is 1.98. The van der Waals surface area contributed by atoms with E-state index in [0.29, 0.717) is 19.1 Å². The average Bonchev–Trinajstić information content (AvgIpc) is 2.38. The van der Waals surface area contributed by atoms with Gasteiger partial charge in [0, 0.05) is 25.7 Å². The van der Waals surface area contributed by atoms with E-state index in [1.165, 1.54) is 0 Å². The SMILES string of the molecule is CC1CNC(C(=O)NCc2ccccc2)CN1. The van der Waals surface area contributed by atoms with Crippen LogP contribution in [0.5, 0.6) is 0 Å². The van der Waals surface area contributed by atoms with Crippen molar-refractivity contribution in [3.05, 3.63) is 35.9 Å². The van der Waals surface area contributed by atoms with Crippen LogP contribution in [-0.4, -0.2) is 31.1 Å². The Morgan fingerprint density at radius 1 is 1.29 bits per heavy atom. The molecule has 1 fully saturated rings. The van der Waals surface area contributed by atoms with Crippen LogP contribution >= 0.6 is 0 Å². The minimum absolute atomic E-state index is 0.0632. The van der Waals surface area contributed by atoms with Crippen molar-refractivity contribution in [2.45, 2.75) is 25.6 Å². The average molecular weight is 233 g/mol. The van der Waals surface area contributed by atoms with E-state index in [2.05, 4.69) is 22.9 Å². The first kappa shape index (κ1) is 12.1. The van der Waals surface area contributed by atoms with E-state index in [0.717, 1.165) is 12.1 Å². The van der Waals surface area contributed by atoms with Gasteiger partial charge in [0.2, 0.25) is 5.91 Å². The van der Waals surface area contributed by atoms with Crippen molar-refractivity contribution in [3.63, 3.8) is 0 Å². The third-order valence-electron chi connectivity index (χ3n) is 2.97. The highest BCUT2D eigenvalue weighted by Gasteiger charge is 2.22. The predicted molar refractivity (Wildman–Crippen MR) is 67.5 cm³/mol. The number of amides is 1. The Balaban J connectivity index is 1.78. The molecule has 2 unspecified atom stereocenters. The number of rotatable bonds is 3. The number of carbonyl (C=O) groups is 1. The zero-order valence-corrected chi connectivity index (χ0v) is 10.1. The van der Waals surface area contributed by atoms with Crippen molar-refractivity contribution in [2.24, 2.45) is 0 Å². The van der Waals surface area contributed by atoms with Crippen LogP contribution in [0.1, 0.15) is 12.5 Å². The fourth-order valence-corrected chi connectivity index (χ4v) is 1.88. The third kappa shape index (κ3) is 3.54. The summed E-state index contributed by atoms with van der Waals surface area (Å²) in [4.78, 5) is 11.9. The first-order valence-electron chi connectivity index (χ1n) is 6.04. The zero-order valence-electron chi connectivity index (χ0n) is 10.1. The molecule has 0 aliphatic carbocycles. The number of carbonyl (C=O) groups excluding carboxylic acids is 1. The van der Waals surface area contributed by atoms with Crippen molar-refractivity contribution >= 4 is 5.91 Å². The van der Waals surface area contributed by atoms with Crippen molar-refractivity contribution < 1.29 is 4.79 Å². The van der Waals surface area contributed by atoms with E-state index in [4.69, 9.17) is 0 Å². The van der Waals surface area contributed by atoms with Gasteiger partial charge in [0.15, 0.2) is 0 Å². The van der Waals surface area contributed by atoms with Gasteiger partial charge in [-0.1, -0.05) is 30.3 Å². The molecule has 0 bridgehead atoms. The molecule has 0 spiro atoms. The van der Waals surface area contributed by atoms with Gasteiger partial charge in [0.05, 0.1) is 6.04 Å². The Labute approximate surface area is 102 Å². The van der Waals surface area contributed by atoms with Gasteiger partial charge in [-0.2, -0.15) is 0 Å². The molecule has 1 aliphatic rings. The Kier molecular flexibility index (Phi) is 4.12. The standard InChI is InChI=1S/C13H19N3O/c1-10-7-15-12(9-14-10)13(17)16-8-11-5-3-2-4-6-11/h2-6,10,12,14-15H,7-9H2,1H3,(H,16,17). The molecule has 2 rings (SSSR count). The van der Waals surface area contributed by atoms with Crippen LogP contribution in [0.15, 0.2) is 30.3 Å². The van der Waals surface area contributed by atoms with E-state index < -0.39 is 0 Å². The lowest BCUT2D eigenvalue weighted by atomic mass is 10.1. The molecule has 0 saturated carbocycles. The maximum absolute atomic E-state index is 11.9. The van der Waals surface area contributed by atoms with Crippen LogP contribution in [-0.2, 0) is 11.3 Å². The number of benzene rings is 1. The molecule has 4 heteroatoms. The number of nitrogens with one attached hydrogen (secondary N) is 3. The highest BCUT2D eigenvalue weighted by molar-refractivity contribution is 5.82. The minimum atomic E-state index is -0.116. The third-order valence-corrected chi connectivity index (χ3v) is 2.97. The summed E-state index contributed by atoms with van der Waals surface area (Å²) in [6.45, 7) is 4.23. The topological polar surface area (TPSA) is 53.2 Å². The molecule has 92 valence electrons. The van der Waals surface area contributed by atoms with Crippen LogP contribution in [0.4, 0.5) is 0 Å². The first-order chi connectivity index (χ1) is 8.25. The summed E-state index contributed by atoms with van der Waals surface area (Å²) in [5, 5.41) is 9.46. The van der Waals surface area contributed by atoms with Gasteiger partial charge in [-0.15, -0.1) is 0 Å². The Morgan fingerprint density at radius 3 is 2.71 bits per heavy atom. The Bertz CT molecular complexity index is 358. The lowest BCUT2D eigenvalue weighted by Crippen LogP contribution is -2.58. The molecular weight excluding hydrogens is 214 g/mol. The van der Waals surface area contributed by atoms with Crippen LogP contribution in [0.25, 0.3) is 0 Å². The smallest absolute Gasteiger partial charge is 0.238 e. The number of hydrogen-bond donors (Lipinski definition) is 3. The molecule has 2 atom stereocenters. The predicted octanol–water partition coefficient (Wildman–Crippen LogP) is 0.253. The minimum Gasteiger partial charge on any atom is -0.351 e. The van der Waals surface area contributed by atoms with E-state index in [1.807, 2.05) is 30.3 Å². The maximum Gasteiger partial charge on any atom is 0.238 e. The normalized spacial score (nSPS) is 24.3. The molecule has 4 nitrogen and oxygen atoms in total. The van der Waals surface area contributed by atoms with Gasteiger partial charge in [-0.05, 0) is 12.5 Å². The fourth-order valence-electron chi connectivity index (χ4n) is 1.88. The summed E-state index contributed by atoms with van der Waals surface area (Å²) in [5.41, 5.74) is 1.12. The van der Waals surface area contributed by atoms with E-state index in [1.54, 1.807) is 0 Å². The second-order valence-electron chi connectivity index (χ2n) is 4.47. The molecule has 1 saturated heterocycles. The molecule has 1 aromatic rings. The number of hydrogen-bond acceptors (Lipinski definition) is 3. The molecule has 1 amide bonds. The van der Waals surface area contributed by atoms with Crippen molar-refractivity contribution in [3.8, 4) is 0 Å². The van der Waals surface area contributed by atoms with Gasteiger partial charge in [0.25, 0.3) is 0 Å². The highest BCUT2D eigenvalue weighted by atomic mass is 16.2. The van der Waals surface area contributed by atoms with Crippen LogP contribution in [0, 0.1) is 0 Å². The molecule has 0 radical (unpaired) electrons. The van der Waals surface area contributed by atoms with Crippen molar-refractivity contribution in [2.75, 3.05) is 13.1 Å². The summed E-state index contributed by atoms with van der Waals surface area (Å²) in [5.74, 6) is 0.0632. The van der Waals surface area contributed by atoms with Gasteiger partial charge in [0.1, 0.15) is 0 Å². The van der Waals surface area contributed by atoms with Crippen molar-refractivity contribution in [1.29, 1.82) is 0 Å². The quantitative estimate of drug-likeness (QED) is 0.701. The summed E-state index contributed by atoms with van der Waals surface area (Å²) >= 11 is 0. The van der Waals surface area contributed by atoms with Gasteiger partial charge in [-0.3, -0.25) is 4.79 Å². The lowest BCUT2D eigenvalue weighted by molar-refractivity contribution is -0.123. The van der Waals surface area contributed by atoms with E-state index >= 15 is 0 Å². The Hall–Kier alpha value is -1.39. The molecule has 17 heavy (non-hydrogen) atoms. The van der Waals surface area contributed by atoms with E-state index in [-0.39, 0.29) is 11.9 Å². The van der Waals surface area contributed by atoms with E-state index in [9.17, 15) is 4.79 Å². The fraction of sp³-hybridized carbons (Fsp3) is 0.462. The maximum atomic E-state index is 11.9. The molecular formula is C13H19N3O. The van der Waals surface area contributed by atoms with Crippen LogP contribution < -0.4 is 16.0 Å². The largest absolute Gasteiger partial charge is 0.351 e. The summed E-state index contributed by atoms with van der Waals surface area (Å²) in [6, 6.07) is 10.3. The van der Waals surface area contributed by atoms with Gasteiger partial charge >= 0.3 is 0 Å².